The van der Waals surface area contributed by atoms with Gasteiger partial charge in [0.1, 0.15) is 0 Å². The zero-order chi connectivity index (χ0) is 9.80. The standard InChI is InChI=1S/C13H23N/c1-11-5-2-3-8-13(11)14-10-9-12-6-4-7-12/h9,11,13-14H,2-8,10H2,1H3. The van der Waals surface area contributed by atoms with Gasteiger partial charge in [0.05, 0.1) is 0 Å². The summed E-state index contributed by atoms with van der Waals surface area (Å²) < 4.78 is 0. The molecule has 0 spiro atoms. The summed E-state index contributed by atoms with van der Waals surface area (Å²) in [5, 5.41) is 3.69. The van der Waals surface area contributed by atoms with Gasteiger partial charge in [-0.1, -0.05) is 31.4 Å². The van der Waals surface area contributed by atoms with Gasteiger partial charge in [-0.05, 0) is 38.0 Å². The summed E-state index contributed by atoms with van der Waals surface area (Å²) in [5.41, 5.74) is 1.68. The van der Waals surface area contributed by atoms with Crippen molar-refractivity contribution >= 4 is 0 Å². The van der Waals surface area contributed by atoms with Gasteiger partial charge >= 0.3 is 0 Å². The van der Waals surface area contributed by atoms with Crippen molar-refractivity contribution < 1.29 is 0 Å². The molecule has 0 bridgehead atoms. The van der Waals surface area contributed by atoms with Gasteiger partial charge in [0.15, 0.2) is 0 Å². The van der Waals surface area contributed by atoms with Gasteiger partial charge in [0.2, 0.25) is 0 Å². The Kier molecular flexibility index (Phi) is 3.63. The monoisotopic (exact) mass is 193 g/mol. The van der Waals surface area contributed by atoms with Crippen LogP contribution in [-0.4, -0.2) is 12.6 Å². The normalized spacial score (nSPS) is 32.5. The predicted molar refractivity (Wildman–Crippen MR) is 61.4 cm³/mol. The molecule has 1 nitrogen and oxygen atoms in total. The first kappa shape index (κ1) is 10.2. The van der Waals surface area contributed by atoms with E-state index in [9.17, 15) is 0 Å². The van der Waals surface area contributed by atoms with Gasteiger partial charge in [-0.2, -0.15) is 0 Å². The lowest BCUT2D eigenvalue weighted by atomic mass is 9.86. The fourth-order valence-electron chi connectivity index (χ4n) is 2.56. The molecule has 2 saturated carbocycles. The number of hydrogen-bond acceptors (Lipinski definition) is 1. The topological polar surface area (TPSA) is 12.0 Å². The third kappa shape index (κ3) is 2.60. The van der Waals surface area contributed by atoms with Crippen molar-refractivity contribution in [2.75, 3.05) is 6.54 Å². The van der Waals surface area contributed by atoms with Crippen molar-refractivity contribution in [1.29, 1.82) is 0 Å². The first-order chi connectivity index (χ1) is 6.86. The van der Waals surface area contributed by atoms with Gasteiger partial charge in [0, 0.05) is 12.6 Å². The van der Waals surface area contributed by atoms with Crippen LogP contribution in [0.4, 0.5) is 0 Å². The van der Waals surface area contributed by atoms with Crippen molar-refractivity contribution in [3.63, 3.8) is 0 Å². The summed E-state index contributed by atoms with van der Waals surface area (Å²) in [6, 6.07) is 0.792. The predicted octanol–water partition coefficient (Wildman–Crippen LogP) is 3.27. The smallest absolute Gasteiger partial charge is 0.0140 e. The minimum atomic E-state index is 0.792. The van der Waals surface area contributed by atoms with Crippen LogP contribution in [0.5, 0.6) is 0 Å². The molecule has 0 aromatic rings. The molecule has 0 heterocycles. The van der Waals surface area contributed by atoms with Gasteiger partial charge in [-0.15, -0.1) is 0 Å². The Morgan fingerprint density at radius 1 is 1.21 bits per heavy atom. The van der Waals surface area contributed by atoms with Gasteiger partial charge in [0.25, 0.3) is 0 Å². The number of rotatable bonds is 3. The van der Waals surface area contributed by atoms with E-state index in [0.29, 0.717) is 0 Å². The zero-order valence-corrected chi connectivity index (χ0v) is 9.39. The summed E-state index contributed by atoms with van der Waals surface area (Å²) in [7, 11) is 0. The first-order valence-corrected chi connectivity index (χ1v) is 6.27. The highest BCUT2D eigenvalue weighted by atomic mass is 14.9. The molecule has 2 fully saturated rings. The molecular formula is C13H23N. The second-order valence-electron chi connectivity index (χ2n) is 4.99. The lowest BCUT2D eigenvalue weighted by Crippen LogP contribution is -2.37. The third-order valence-electron chi connectivity index (χ3n) is 3.88. The van der Waals surface area contributed by atoms with E-state index in [-0.39, 0.29) is 0 Å². The molecule has 0 aliphatic heterocycles. The fourth-order valence-corrected chi connectivity index (χ4v) is 2.56. The van der Waals surface area contributed by atoms with Crippen molar-refractivity contribution in [2.45, 2.75) is 57.9 Å². The van der Waals surface area contributed by atoms with Crippen LogP contribution in [0.3, 0.4) is 0 Å². The van der Waals surface area contributed by atoms with Gasteiger partial charge in [-0.25, -0.2) is 0 Å². The van der Waals surface area contributed by atoms with Crippen LogP contribution in [0.2, 0.25) is 0 Å². The van der Waals surface area contributed by atoms with Crippen molar-refractivity contribution in [2.24, 2.45) is 5.92 Å². The van der Waals surface area contributed by atoms with Crippen molar-refractivity contribution in [1.82, 2.24) is 5.32 Å². The van der Waals surface area contributed by atoms with Crippen molar-refractivity contribution in [3.8, 4) is 0 Å². The molecule has 14 heavy (non-hydrogen) atoms. The molecule has 2 rings (SSSR count). The lowest BCUT2D eigenvalue weighted by Gasteiger charge is -2.29. The Labute approximate surface area is 88.0 Å². The highest BCUT2D eigenvalue weighted by molar-refractivity contribution is 5.10. The maximum absolute atomic E-state index is 3.69. The molecule has 0 aromatic carbocycles. The van der Waals surface area contributed by atoms with Crippen LogP contribution in [0.1, 0.15) is 51.9 Å². The van der Waals surface area contributed by atoms with Gasteiger partial charge in [-0.3, -0.25) is 0 Å². The lowest BCUT2D eigenvalue weighted by molar-refractivity contribution is 0.288. The molecule has 2 unspecified atom stereocenters. The Balaban J connectivity index is 1.68. The number of hydrogen-bond donors (Lipinski definition) is 1. The number of nitrogens with one attached hydrogen (secondary N) is 1. The van der Waals surface area contributed by atoms with Crippen LogP contribution < -0.4 is 5.32 Å². The summed E-state index contributed by atoms with van der Waals surface area (Å²) in [5.74, 6) is 0.892. The van der Waals surface area contributed by atoms with Crippen LogP contribution in [-0.2, 0) is 0 Å². The van der Waals surface area contributed by atoms with Crippen LogP contribution in [0.25, 0.3) is 0 Å². The molecule has 2 aliphatic rings. The molecular weight excluding hydrogens is 170 g/mol. The van der Waals surface area contributed by atoms with E-state index < -0.39 is 0 Å². The van der Waals surface area contributed by atoms with E-state index >= 15 is 0 Å². The molecule has 0 amide bonds. The van der Waals surface area contributed by atoms with E-state index in [0.717, 1.165) is 18.5 Å². The minimum absolute atomic E-state index is 0.792. The quantitative estimate of drug-likeness (QED) is 0.678. The molecule has 0 saturated heterocycles. The molecule has 80 valence electrons. The van der Waals surface area contributed by atoms with Crippen LogP contribution >= 0.6 is 0 Å². The van der Waals surface area contributed by atoms with Crippen LogP contribution in [0, 0.1) is 5.92 Å². The summed E-state index contributed by atoms with van der Waals surface area (Å²) >= 11 is 0. The van der Waals surface area contributed by atoms with E-state index in [1.54, 1.807) is 5.57 Å². The van der Waals surface area contributed by atoms with E-state index in [4.69, 9.17) is 0 Å². The second kappa shape index (κ2) is 4.97. The maximum atomic E-state index is 3.69. The maximum Gasteiger partial charge on any atom is 0.0140 e. The summed E-state index contributed by atoms with van der Waals surface area (Å²) in [4.78, 5) is 0. The molecule has 0 radical (unpaired) electrons. The highest BCUT2D eigenvalue weighted by Gasteiger charge is 2.19. The Morgan fingerprint density at radius 2 is 2.00 bits per heavy atom. The molecule has 2 atom stereocenters. The average molecular weight is 193 g/mol. The summed E-state index contributed by atoms with van der Waals surface area (Å²) in [6.07, 6.45) is 12.3. The third-order valence-corrected chi connectivity index (χ3v) is 3.88. The van der Waals surface area contributed by atoms with Crippen molar-refractivity contribution in [3.05, 3.63) is 11.6 Å². The summed E-state index contributed by atoms with van der Waals surface area (Å²) in [6.45, 7) is 3.51. The van der Waals surface area contributed by atoms with E-state index in [1.807, 2.05) is 0 Å². The first-order valence-electron chi connectivity index (χ1n) is 6.27. The minimum Gasteiger partial charge on any atom is -0.310 e. The SMILES string of the molecule is CC1CCCCC1NCC=C1CCC1. The fraction of sp³-hybridized carbons (Fsp3) is 0.846. The number of allylic oxidation sites excluding steroid dienone is 1. The van der Waals surface area contributed by atoms with E-state index in [1.165, 1.54) is 44.9 Å². The largest absolute Gasteiger partial charge is 0.310 e. The molecule has 0 aromatic heterocycles. The molecule has 1 heteroatoms. The van der Waals surface area contributed by atoms with Crippen LogP contribution in [0.15, 0.2) is 11.6 Å². The Morgan fingerprint density at radius 3 is 2.64 bits per heavy atom. The Bertz CT molecular complexity index is 201. The van der Waals surface area contributed by atoms with Gasteiger partial charge < -0.3 is 5.32 Å². The Hall–Kier alpha value is -0.300. The molecule has 1 N–H and O–H groups in total. The zero-order valence-electron chi connectivity index (χ0n) is 9.39. The average Bonchev–Trinajstić information content (AvgIpc) is 2.12. The highest BCUT2D eigenvalue weighted by Crippen LogP contribution is 2.25. The second-order valence-corrected chi connectivity index (χ2v) is 4.99. The van der Waals surface area contributed by atoms with E-state index in [2.05, 4.69) is 18.3 Å². The molecule has 2 aliphatic carbocycles.